The Morgan fingerprint density at radius 2 is 1.96 bits per heavy atom. The number of rotatable bonds is 10. The van der Waals surface area contributed by atoms with Gasteiger partial charge in [0.05, 0.1) is 12.0 Å². The van der Waals surface area contributed by atoms with Gasteiger partial charge < -0.3 is 15.2 Å². The number of carboxylic acid groups (broad SMARTS) is 1. The molecule has 7 heteroatoms. The average molecular weight is 358 g/mol. The summed E-state index contributed by atoms with van der Waals surface area (Å²) in [4.78, 5) is 21.6. The first kappa shape index (κ1) is 19.4. The van der Waals surface area contributed by atoms with Gasteiger partial charge in [-0.15, -0.1) is 0 Å². The Bertz CT molecular complexity index is 749. The Balaban J connectivity index is 2.06. The van der Waals surface area contributed by atoms with Crippen LogP contribution >= 0.6 is 0 Å². The van der Waals surface area contributed by atoms with Crippen LogP contribution in [-0.2, 0) is 17.8 Å². The molecule has 0 saturated carbocycles. The fourth-order valence-corrected chi connectivity index (χ4v) is 2.72. The van der Waals surface area contributed by atoms with Crippen LogP contribution in [0.4, 0.5) is 5.69 Å². The summed E-state index contributed by atoms with van der Waals surface area (Å²) in [5.41, 5.74) is 1.76. The highest BCUT2D eigenvalue weighted by Gasteiger charge is 2.16. The Hall–Kier alpha value is -2.93. The largest absolute Gasteiger partial charge is 0.490 e. The molecule has 26 heavy (non-hydrogen) atoms. The van der Waals surface area contributed by atoms with E-state index in [0.29, 0.717) is 19.4 Å². The van der Waals surface area contributed by atoms with Gasteiger partial charge in [0.1, 0.15) is 0 Å². The maximum absolute atomic E-state index is 11.1. The number of hydrogen-bond donors (Lipinski definition) is 2. The summed E-state index contributed by atoms with van der Waals surface area (Å²) in [7, 11) is 1.39. The predicted octanol–water partition coefficient (Wildman–Crippen LogP) is 3.17. The SMILES string of the molecule is COc1ccc(CNC(CCC(=O)O)Cc2ccccc2)cc1[N+](=O)[O-]. The van der Waals surface area contributed by atoms with E-state index in [4.69, 9.17) is 9.84 Å². The quantitative estimate of drug-likeness (QED) is 0.500. The lowest BCUT2D eigenvalue weighted by Crippen LogP contribution is -2.31. The lowest BCUT2D eigenvalue weighted by Gasteiger charge is -2.18. The fourth-order valence-electron chi connectivity index (χ4n) is 2.72. The second-order valence-corrected chi connectivity index (χ2v) is 5.96. The van der Waals surface area contributed by atoms with Crippen LogP contribution in [0.15, 0.2) is 48.5 Å². The molecule has 2 aromatic rings. The van der Waals surface area contributed by atoms with Gasteiger partial charge in [0.2, 0.25) is 0 Å². The first-order valence-electron chi connectivity index (χ1n) is 8.30. The van der Waals surface area contributed by atoms with Crippen molar-refractivity contribution in [3.05, 3.63) is 69.8 Å². The molecule has 0 saturated heterocycles. The Kier molecular flexibility index (Phi) is 7.11. The van der Waals surface area contributed by atoms with E-state index in [-0.39, 0.29) is 23.9 Å². The zero-order valence-corrected chi connectivity index (χ0v) is 14.6. The van der Waals surface area contributed by atoms with Crippen LogP contribution in [0.5, 0.6) is 5.75 Å². The molecule has 1 atom stereocenters. The van der Waals surface area contributed by atoms with E-state index in [2.05, 4.69) is 5.32 Å². The van der Waals surface area contributed by atoms with Gasteiger partial charge in [0.15, 0.2) is 5.75 Å². The molecular formula is C19H22N2O5. The predicted molar refractivity (Wildman–Crippen MR) is 97.3 cm³/mol. The zero-order chi connectivity index (χ0) is 18.9. The molecule has 138 valence electrons. The third kappa shape index (κ3) is 5.86. The summed E-state index contributed by atoms with van der Waals surface area (Å²) in [6.07, 6.45) is 1.22. The molecule has 0 aliphatic rings. The third-order valence-corrected chi connectivity index (χ3v) is 4.07. The van der Waals surface area contributed by atoms with Gasteiger partial charge in [0.25, 0.3) is 0 Å². The van der Waals surface area contributed by atoms with Crippen LogP contribution in [0.2, 0.25) is 0 Å². The Morgan fingerprint density at radius 1 is 1.23 bits per heavy atom. The number of methoxy groups -OCH3 is 1. The fraction of sp³-hybridized carbons (Fsp3) is 0.316. The lowest BCUT2D eigenvalue weighted by atomic mass is 10.0. The van der Waals surface area contributed by atoms with Crippen molar-refractivity contribution in [3.8, 4) is 5.75 Å². The number of aliphatic carboxylic acids is 1. The normalized spacial score (nSPS) is 11.7. The number of nitrogens with zero attached hydrogens (tertiary/aromatic N) is 1. The second-order valence-electron chi connectivity index (χ2n) is 5.96. The van der Waals surface area contributed by atoms with Gasteiger partial charge in [-0.05, 0) is 30.0 Å². The maximum Gasteiger partial charge on any atom is 0.311 e. The summed E-state index contributed by atoms with van der Waals surface area (Å²) < 4.78 is 5.00. The van der Waals surface area contributed by atoms with E-state index >= 15 is 0 Å². The first-order chi connectivity index (χ1) is 12.5. The summed E-state index contributed by atoms with van der Waals surface area (Å²) in [6.45, 7) is 0.405. The smallest absolute Gasteiger partial charge is 0.311 e. The number of carbonyl (C=O) groups is 1. The molecule has 1 unspecified atom stereocenters. The van der Waals surface area contributed by atoms with Crippen molar-refractivity contribution in [1.82, 2.24) is 5.32 Å². The minimum atomic E-state index is -0.843. The molecular weight excluding hydrogens is 336 g/mol. The maximum atomic E-state index is 11.1. The highest BCUT2D eigenvalue weighted by molar-refractivity contribution is 5.66. The number of nitro groups is 1. The van der Waals surface area contributed by atoms with Gasteiger partial charge in [-0.25, -0.2) is 0 Å². The molecule has 7 nitrogen and oxygen atoms in total. The molecule has 0 fully saturated rings. The molecule has 0 aliphatic carbocycles. The molecule has 2 aromatic carbocycles. The number of benzene rings is 2. The van der Waals surface area contributed by atoms with Crippen molar-refractivity contribution in [2.24, 2.45) is 0 Å². The number of hydrogen-bond acceptors (Lipinski definition) is 5. The second kappa shape index (κ2) is 9.53. The van der Waals surface area contributed by atoms with Crippen molar-refractivity contribution in [2.45, 2.75) is 31.8 Å². The average Bonchev–Trinajstić information content (AvgIpc) is 2.64. The molecule has 0 aliphatic heterocycles. The highest BCUT2D eigenvalue weighted by atomic mass is 16.6. The number of carboxylic acids is 1. The van der Waals surface area contributed by atoms with Gasteiger partial charge in [0, 0.05) is 25.1 Å². The lowest BCUT2D eigenvalue weighted by molar-refractivity contribution is -0.385. The van der Waals surface area contributed by atoms with Gasteiger partial charge >= 0.3 is 11.7 Å². The van der Waals surface area contributed by atoms with Crippen molar-refractivity contribution in [3.63, 3.8) is 0 Å². The van der Waals surface area contributed by atoms with Crippen molar-refractivity contribution < 1.29 is 19.6 Å². The third-order valence-electron chi connectivity index (χ3n) is 4.07. The standard InChI is InChI=1S/C19H22N2O5/c1-26-18-9-7-15(12-17(18)21(24)25)13-20-16(8-10-19(22)23)11-14-5-3-2-4-6-14/h2-7,9,12,16,20H,8,10-11,13H2,1H3,(H,22,23). The number of nitro benzene ring substituents is 1. The highest BCUT2D eigenvalue weighted by Crippen LogP contribution is 2.27. The summed E-state index contributed by atoms with van der Waals surface area (Å²) in [5, 5.41) is 23.4. The molecule has 2 N–H and O–H groups in total. The van der Waals surface area contributed by atoms with Crippen molar-refractivity contribution in [2.75, 3.05) is 7.11 Å². The van der Waals surface area contributed by atoms with Crippen LogP contribution in [0.1, 0.15) is 24.0 Å². The first-order valence-corrected chi connectivity index (χ1v) is 8.30. The Labute approximate surface area is 151 Å². The molecule has 2 rings (SSSR count). The van der Waals surface area contributed by atoms with Crippen LogP contribution < -0.4 is 10.1 Å². The van der Waals surface area contributed by atoms with Crippen LogP contribution in [0, 0.1) is 10.1 Å². The Morgan fingerprint density at radius 3 is 2.58 bits per heavy atom. The monoisotopic (exact) mass is 358 g/mol. The molecule has 0 amide bonds. The molecule has 0 radical (unpaired) electrons. The molecule has 0 aromatic heterocycles. The molecule has 0 bridgehead atoms. The topological polar surface area (TPSA) is 102 Å². The van der Waals surface area contributed by atoms with E-state index < -0.39 is 10.9 Å². The van der Waals surface area contributed by atoms with Crippen LogP contribution in [-0.4, -0.2) is 29.2 Å². The number of ether oxygens (including phenoxy) is 1. The van der Waals surface area contributed by atoms with Gasteiger partial charge in [-0.2, -0.15) is 0 Å². The van der Waals surface area contributed by atoms with Crippen LogP contribution in [0.3, 0.4) is 0 Å². The van der Waals surface area contributed by atoms with E-state index in [9.17, 15) is 14.9 Å². The minimum Gasteiger partial charge on any atom is -0.490 e. The van der Waals surface area contributed by atoms with E-state index in [1.165, 1.54) is 13.2 Å². The summed E-state index contributed by atoms with van der Waals surface area (Å²) >= 11 is 0. The van der Waals surface area contributed by atoms with E-state index in [1.807, 2.05) is 30.3 Å². The zero-order valence-electron chi connectivity index (χ0n) is 14.6. The van der Waals surface area contributed by atoms with E-state index in [0.717, 1.165) is 11.1 Å². The summed E-state index contributed by atoms with van der Waals surface area (Å²) in [6, 6.07) is 14.6. The number of nitrogens with one attached hydrogen (secondary N) is 1. The van der Waals surface area contributed by atoms with Crippen molar-refractivity contribution >= 4 is 11.7 Å². The minimum absolute atomic E-state index is 0.0466. The van der Waals surface area contributed by atoms with Crippen LogP contribution in [0.25, 0.3) is 0 Å². The van der Waals surface area contributed by atoms with Crippen molar-refractivity contribution in [1.29, 1.82) is 0 Å². The molecule has 0 spiro atoms. The van der Waals surface area contributed by atoms with Gasteiger partial charge in [-0.3, -0.25) is 14.9 Å². The summed E-state index contributed by atoms with van der Waals surface area (Å²) in [5.74, 6) is -0.629. The molecule has 0 heterocycles. The van der Waals surface area contributed by atoms with Gasteiger partial charge in [-0.1, -0.05) is 36.4 Å². The van der Waals surface area contributed by atoms with E-state index in [1.54, 1.807) is 12.1 Å².